The molecule has 0 radical (unpaired) electrons. The summed E-state index contributed by atoms with van der Waals surface area (Å²) in [4.78, 5) is 26.1. The topological polar surface area (TPSA) is 61.5 Å². The lowest BCUT2D eigenvalue weighted by Gasteiger charge is -2.06. The average Bonchev–Trinajstić information content (AvgIpc) is 2.09. The molecule has 0 aromatic carbocycles. The van der Waals surface area contributed by atoms with E-state index in [4.69, 9.17) is 0 Å². The van der Waals surface area contributed by atoms with Crippen LogP contribution < -0.4 is 5.43 Å². The van der Waals surface area contributed by atoms with Gasteiger partial charge in [-0.1, -0.05) is 25.2 Å². The van der Waals surface area contributed by atoms with Crippen LogP contribution in [0.2, 0.25) is 0 Å². The van der Waals surface area contributed by atoms with Gasteiger partial charge in [0, 0.05) is 6.42 Å². The van der Waals surface area contributed by atoms with Crippen LogP contribution in [0.5, 0.6) is 0 Å². The molecular formula is C8H14N3O2+. The number of amides is 1. The molecule has 0 saturated heterocycles. The van der Waals surface area contributed by atoms with Crippen LogP contribution in [-0.4, -0.2) is 23.2 Å². The summed E-state index contributed by atoms with van der Waals surface area (Å²) in [7, 11) is 0. The monoisotopic (exact) mass is 184 g/mol. The Balaban J connectivity index is 2.37. The van der Waals surface area contributed by atoms with Crippen molar-refractivity contribution in [3.05, 3.63) is 4.91 Å². The van der Waals surface area contributed by atoms with Gasteiger partial charge >= 0.3 is 12.1 Å². The number of carbonyl (C=O) groups is 1. The second-order valence-corrected chi connectivity index (χ2v) is 3.06. The fourth-order valence-corrected chi connectivity index (χ4v) is 1.19. The summed E-state index contributed by atoms with van der Waals surface area (Å²) in [5.74, 6) is -0.443. The first kappa shape index (κ1) is 9.83. The first-order valence-electron chi connectivity index (χ1n) is 4.54. The van der Waals surface area contributed by atoms with Gasteiger partial charge in [-0.2, -0.15) is 0 Å². The molecule has 72 valence electrons. The Hall–Kier alpha value is -1.26. The third-order valence-electron chi connectivity index (χ3n) is 1.92. The number of rotatable bonds is 4. The molecule has 1 atom stereocenters. The molecule has 0 aromatic heterocycles. The van der Waals surface area contributed by atoms with Crippen LogP contribution in [-0.2, 0) is 4.79 Å². The third kappa shape index (κ3) is 2.93. The summed E-state index contributed by atoms with van der Waals surface area (Å²) in [6.07, 6.45) is 4.62. The highest BCUT2D eigenvalue weighted by Crippen LogP contribution is 2.07. The van der Waals surface area contributed by atoms with Gasteiger partial charge < -0.3 is 0 Å². The van der Waals surface area contributed by atoms with Gasteiger partial charge in [0.25, 0.3) is 0 Å². The lowest BCUT2D eigenvalue weighted by atomic mass is 10.2. The Morgan fingerprint density at radius 3 is 3.00 bits per heavy atom. The summed E-state index contributed by atoms with van der Waals surface area (Å²) in [5.41, 5.74) is 2.15. The number of nitrogens with zero attached hydrogens (tertiary/aromatic N) is 2. The second-order valence-electron chi connectivity index (χ2n) is 3.06. The van der Waals surface area contributed by atoms with Crippen molar-refractivity contribution in [2.45, 2.75) is 38.8 Å². The Bertz CT molecular complexity index is 238. The predicted molar refractivity (Wildman–Crippen MR) is 48.2 cm³/mol. The molecule has 13 heavy (non-hydrogen) atoms. The summed E-state index contributed by atoms with van der Waals surface area (Å²) in [6, 6.07) is 0. The average molecular weight is 184 g/mol. The maximum Gasteiger partial charge on any atom is 0.325 e. The Labute approximate surface area is 76.8 Å². The van der Waals surface area contributed by atoms with Crippen molar-refractivity contribution >= 4 is 12.1 Å². The molecule has 5 heteroatoms. The van der Waals surface area contributed by atoms with E-state index in [-0.39, 0.29) is 0 Å². The maximum absolute atomic E-state index is 11.1. The molecule has 5 nitrogen and oxygen atoms in total. The predicted octanol–water partition coefficient (Wildman–Crippen LogP) is 0.787. The number of hydrogen-bond acceptors (Lipinski definition) is 3. The standard InChI is InChI=1S/C8H13N3O2/c1-2-3-4-5-7-9-6-8(12)10-11(7)13/h6-7H,2-5H2,1H3/p+1. The van der Waals surface area contributed by atoms with Gasteiger partial charge in [0.2, 0.25) is 0 Å². The third-order valence-corrected chi connectivity index (χ3v) is 1.92. The van der Waals surface area contributed by atoms with Crippen LogP contribution in [0, 0.1) is 4.91 Å². The van der Waals surface area contributed by atoms with Crippen molar-refractivity contribution in [1.29, 1.82) is 0 Å². The molecule has 0 saturated carbocycles. The fourth-order valence-electron chi connectivity index (χ4n) is 1.19. The number of unbranched alkanes of at least 4 members (excludes halogenated alkanes) is 2. The normalized spacial score (nSPS) is 21.8. The number of hydrazine groups is 1. The van der Waals surface area contributed by atoms with Crippen LogP contribution in [0.25, 0.3) is 0 Å². The van der Waals surface area contributed by atoms with Gasteiger partial charge in [0.05, 0.1) is 11.1 Å². The summed E-state index contributed by atoms with van der Waals surface area (Å²) in [5, 5.41) is 0. The summed E-state index contributed by atoms with van der Waals surface area (Å²) >= 11 is 0. The van der Waals surface area contributed by atoms with E-state index in [1.54, 1.807) is 0 Å². The number of nitroso groups, excluding NO2 is 1. The molecule has 1 aliphatic heterocycles. The van der Waals surface area contributed by atoms with Gasteiger partial charge in [0.1, 0.15) is 0 Å². The molecule has 1 unspecified atom stereocenters. The minimum Gasteiger partial charge on any atom is -0.262 e. The van der Waals surface area contributed by atoms with Gasteiger partial charge in [-0.05, 0) is 6.42 Å². The fraction of sp³-hybridized carbons (Fsp3) is 0.750. The lowest BCUT2D eigenvalue weighted by molar-refractivity contribution is -0.629. The van der Waals surface area contributed by atoms with Gasteiger partial charge in [-0.25, -0.2) is 4.99 Å². The van der Waals surface area contributed by atoms with E-state index < -0.39 is 12.1 Å². The molecule has 0 aromatic rings. The van der Waals surface area contributed by atoms with E-state index in [9.17, 15) is 9.70 Å². The van der Waals surface area contributed by atoms with Crippen molar-refractivity contribution in [2.24, 2.45) is 4.99 Å². The van der Waals surface area contributed by atoms with Gasteiger partial charge in [-0.15, -0.1) is 0 Å². The van der Waals surface area contributed by atoms with Crippen molar-refractivity contribution in [3.8, 4) is 0 Å². The molecule has 1 rings (SSSR count). The molecule has 1 aliphatic rings. The van der Waals surface area contributed by atoms with Crippen LogP contribution >= 0.6 is 0 Å². The molecule has 1 N–H and O–H groups in total. The molecule has 0 aliphatic carbocycles. The molecular weight excluding hydrogens is 170 g/mol. The Kier molecular flexibility index (Phi) is 3.54. The summed E-state index contributed by atoms with van der Waals surface area (Å²) in [6.45, 7) is 2.10. The zero-order chi connectivity index (χ0) is 9.68. The van der Waals surface area contributed by atoms with E-state index in [1.807, 2.05) is 0 Å². The minimum absolute atomic E-state index is 0.427. The van der Waals surface area contributed by atoms with Crippen LogP contribution in [0.15, 0.2) is 4.99 Å². The van der Waals surface area contributed by atoms with E-state index in [1.165, 1.54) is 6.21 Å². The number of hydrogen-bond donors (Lipinski definition) is 1. The number of aliphatic imine (C=N–C) groups is 1. The van der Waals surface area contributed by atoms with Crippen molar-refractivity contribution < 1.29 is 9.66 Å². The summed E-state index contributed by atoms with van der Waals surface area (Å²) < 4.78 is 0. The first-order valence-corrected chi connectivity index (χ1v) is 4.54. The highest BCUT2D eigenvalue weighted by atomic mass is 16.3. The highest BCUT2D eigenvalue weighted by Gasteiger charge is 2.29. The Morgan fingerprint density at radius 1 is 1.62 bits per heavy atom. The molecule has 0 fully saturated rings. The molecule has 0 bridgehead atoms. The maximum atomic E-state index is 11.1. The number of nitrogens with one attached hydrogen (secondary N) is 1. The van der Waals surface area contributed by atoms with Gasteiger partial charge in [0.15, 0.2) is 4.87 Å². The van der Waals surface area contributed by atoms with Crippen LogP contribution in [0.4, 0.5) is 0 Å². The van der Waals surface area contributed by atoms with Crippen molar-refractivity contribution in [3.63, 3.8) is 0 Å². The van der Waals surface area contributed by atoms with E-state index in [2.05, 4.69) is 17.3 Å². The smallest absolute Gasteiger partial charge is 0.262 e. The number of carbonyl (C=O) groups excluding carboxylic acids is 1. The van der Waals surface area contributed by atoms with Crippen LogP contribution in [0.3, 0.4) is 0 Å². The molecule has 1 heterocycles. The SMILES string of the molecule is CCCCCC1N=CC(=O)N[N+]1=O. The quantitative estimate of drug-likeness (QED) is 0.518. The lowest BCUT2D eigenvalue weighted by Crippen LogP contribution is -2.43. The minimum atomic E-state index is -0.443. The zero-order valence-corrected chi connectivity index (χ0v) is 7.69. The second kappa shape index (κ2) is 4.69. The largest absolute Gasteiger partial charge is 0.325 e. The van der Waals surface area contributed by atoms with E-state index in [0.29, 0.717) is 11.3 Å². The first-order chi connectivity index (χ1) is 6.24. The molecule has 1 amide bonds. The van der Waals surface area contributed by atoms with E-state index in [0.717, 1.165) is 19.3 Å². The zero-order valence-electron chi connectivity index (χ0n) is 7.69. The van der Waals surface area contributed by atoms with E-state index >= 15 is 0 Å². The Morgan fingerprint density at radius 2 is 2.38 bits per heavy atom. The van der Waals surface area contributed by atoms with Gasteiger partial charge in [-0.3, -0.25) is 4.79 Å². The van der Waals surface area contributed by atoms with Crippen LogP contribution in [0.1, 0.15) is 32.6 Å². The highest BCUT2D eigenvalue weighted by molar-refractivity contribution is 6.26. The molecule has 0 spiro atoms. The van der Waals surface area contributed by atoms with Crippen molar-refractivity contribution in [2.75, 3.05) is 0 Å². The van der Waals surface area contributed by atoms with Crippen molar-refractivity contribution in [1.82, 2.24) is 5.43 Å².